The zero-order valence-electron chi connectivity index (χ0n) is 10.7. The molecule has 96 valence electrons. The second-order valence-corrected chi connectivity index (χ2v) is 5.59. The number of carbonyl (C=O) groups excluding carboxylic acids is 1. The monoisotopic (exact) mass is 264 g/mol. The summed E-state index contributed by atoms with van der Waals surface area (Å²) in [6.07, 6.45) is 1.53. The number of fused-ring (bicyclic) bond motifs is 1. The number of hydrogen-bond donors (Lipinski definition) is 2. The second-order valence-electron chi connectivity index (χ2n) is 4.67. The van der Waals surface area contributed by atoms with E-state index in [-0.39, 0.29) is 5.91 Å². The van der Waals surface area contributed by atoms with Crippen LogP contribution >= 0.6 is 11.3 Å². The minimum atomic E-state index is -0.483. The van der Waals surface area contributed by atoms with E-state index in [9.17, 15) is 4.79 Å². The number of carbonyl (C=O) groups is 1. The molecule has 6 heteroatoms. The Bertz CT molecular complexity index is 564. The summed E-state index contributed by atoms with van der Waals surface area (Å²) in [6.45, 7) is 4.31. The summed E-state index contributed by atoms with van der Waals surface area (Å²) in [7, 11) is 1.65. The summed E-state index contributed by atoms with van der Waals surface area (Å²) in [6, 6.07) is 1.96. The van der Waals surface area contributed by atoms with Crippen molar-refractivity contribution in [1.82, 2.24) is 15.3 Å². The molecule has 0 unspecified atom stereocenters. The smallest absolute Gasteiger partial charge is 0.227 e. The molecule has 0 radical (unpaired) electrons. The van der Waals surface area contributed by atoms with Crippen LogP contribution in [0.5, 0.6) is 0 Å². The van der Waals surface area contributed by atoms with Gasteiger partial charge < -0.3 is 10.6 Å². The Hall–Kier alpha value is -1.69. The topological polar surface area (TPSA) is 66.9 Å². The number of anilines is 1. The van der Waals surface area contributed by atoms with Crippen LogP contribution in [0.2, 0.25) is 0 Å². The van der Waals surface area contributed by atoms with Gasteiger partial charge in [-0.1, -0.05) is 0 Å². The lowest BCUT2D eigenvalue weighted by molar-refractivity contribution is -0.128. The first-order chi connectivity index (χ1) is 8.54. The maximum atomic E-state index is 11.7. The lowest BCUT2D eigenvalue weighted by Crippen LogP contribution is -2.39. The zero-order chi connectivity index (χ0) is 13.2. The fourth-order valence-corrected chi connectivity index (χ4v) is 2.45. The minimum Gasteiger partial charge on any atom is -0.368 e. The molecule has 0 fully saturated rings. The predicted molar refractivity (Wildman–Crippen MR) is 73.8 cm³/mol. The van der Waals surface area contributed by atoms with Crippen molar-refractivity contribution in [3.63, 3.8) is 0 Å². The summed E-state index contributed by atoms with van der Waals surface area (Å²) in [4.78, 5) is 20.1. The fraction of sp³-hybridized carbons (Fsp3) is 0.417. The van der Waals surface area contributed by atoms with Crippen LogP contribution in [0.25, 0.3) is 10.2 Å². The zero-order valence-corrected chi connectivity index (χ0v) is 11.5. The fourth-order valence-electron chi connectivity index (χ4n) is 1.64. The number of nitrogens with zero attached hydrogens (tertiary/aromatic N) is 2. The molecule has 5 nitrogen and oxygen atoms in total. The van der Waals surface area contributed by atoms with Gasteiger partial charge in [-0.15, -0.1) is 11.3 Å². The van der Waals surface area contributed by atoms with Crippen molar-refractivity contribution in [2.75, 3.05) is 18.9 Å². The molecule has 2 heterocycles. The molecule has 0 aliphatic carbocycles. The van der Waals surface area contributed by atoms with Crippen molar-refractivity contribution < 1.29 is 4.79 Å². The van der Waals surface area contributed by atoms with E-state index in [1.54, 1.807) is 18.4 Å². The molecular weight excluding hydrogens is 248 g/mol. The summed E-state index contributed by atoms with van der Waals surface area (Å²) in [5.74, 6) is 0.790. The quantitative estimate of drug-likeness (QED) is 0.884. The molecule has 18 heavy (non-hydrogen) atoms. The molecule has 2 aromatic heterocycles. The Balaban J connectivity index is 2.15. The first-order valence-corrected chi connectivity index (χ1v) is 6.57. The van der Waals surface area contributed by atoms with Crippen molar-refractivity contribution in [3.05, 3.63) is 17.8 Å². The average Bonchev–Trinajstić information content (AvgIpc) is 2.84. The van der Waals surface area contributed by atoms with E-state index in [1.165, 1.54) is 6.33 Å². The van der Waals surface area contributed by atoms with E-state index in [0.717, 1.165) is 16.0 Å². The van der Waals surface area contributed by atoms with E-state index in [2.05, 4.69) is 20.6 Å². The number of amides is 1. The number of aromatic nitrogens is 2. The van der Waals surface area contributed by atoms with E-state index < -0.39 is 5.41 Å². The van der Waals surface area contributed by atoms with Crippen molar-refractivity contribution in [1.29, 1.82) is 0 Å². The van der Waals surface area contributed by atoms with Gasteiger partial charge in [0.05, 0.1) is 15.6 Å². The standard InChI is InChI=1S/C12H16N4OS/c1-12(2,11(17)13-3)6-14-10-9-8(4-5-18-9)15-7-16-10/h4-5,7H,6H2,1-3H3,(H,13,17)(H,14,15,16). The van der Waals surface area contributed by atoms with Crippen LogP contribution in [0, 0.1) is 5.41 Å². The van der Waals surface area contributed by atoms with Crippen LogP contribution in [0.3, 0.4) is 0 Å². The Morgan fingerprint density at radius 1 is 1.44 bits per heavy atom. The molecule has 0 aliphatic heterocycles. The van der Waals surface area contributed by atoms with Crippen LogP contribution in [0.4, 0.5) is 5.82 Å². The molecule has 2 rings (SSSR count). The van der Waals surface area contributed by atoms with Crippen LogP contribution in [0.15, 0.2) is 17.8 Å². The number of hydrogen-bond acceptors (Lipinski definition) is 5. The maximum Gasteiger partial charge on any atom is 0.227 e. The second kappa shape index (κ2) is 4.89. The molecule has 2 aromatic rings. The van der Waals surface area contributed by atoms with Gasteiger partial charge in [0.1, 0.15) is 12.1 Å². The highest BCUT2D eigenvalue weighted by atomic mass is 32.1. The molecule has 0 aliphatic rings. The Labute approximate surface area is 110 Å². The van der Waals surface area contributed by atoms with E-state index in [0.29, 0.717) is 6.54 Å². The largest absolute Gasteiger partial charge is 0.368 e. The number of thiophene rings is 1. The van der Waals surface area contributed by atoms with Crippen LogP contribution in [0.1, 0.15) is 13.8 Å². The highest BCUT2D eigenvalue weighted by Crippen LogP contribution is 2.26. The minimum absolute atomic E-state index is 0.00600. The summed E-state index contributed by atoms with van der Waals surface area (Å²) < 4.78 is 1.02. The lowest BCUT2D eigenvalue weighted by Gasteiger charge is -2.23. The van der Waals surface area contributed by atoms with Gasteiger partial charge in [-0.3, -0.25) is 4.79 Å². The molecule has 2 N–H and O–H groups in total. The van der Waals surface area contributed by atoms with Crippen molar-refractivity contribution in [3.8, 4) is 0 Å². The van der Waals surface area contributed by atoms with Gasteiger partial charge in [0.15, 0.2) is 0 Å². The molecule has 1 amide bonds. The lowest BCUT2D eigenvalue weighted by atomic mass is 9.92. The molecule has 0 bridgehead atoms. The molecule has 0 spiro atoms. The summed E-state index contributed by atoms with van der Waals surface area (Å²) in [5.41, 5.74) is 0.443. The summed E-state index contributed by atoms with van der Waals surface area (Å²) in [5, 5.41) is 7.87. The van der Waals surface area contributed by atoms with Crippen LogP contribution < -0.4 is 10.6 Å². The third-order valence-corrected chi connectivity index (χ3v) is 3.69. The Morgan fingerprint density at radius 3 is 2.94 bits per heavy atom. The predicted octanol–water partition coefficient (Wildman–Crippen LogP) is 1.88. The SMILES string of the molecule is CNC(=O)C(C)(C)CNc1ncnc2ccsc12. The molecule has 0 saturated carbocycles. The Kier molecular flexibility index (Phi) is 3.47. The maximum absolute atomic E-state index is 11.7. The van der Waals surface area contributed by atoms with Crippen LogP contribution in [-0.4, -0.2) is 29.5 Å². The molecule has 0 atom stereocenters. The van der Waals surface area contributed by atoms with Gasteiger partial charge in [0.25, 0.3) is 0 Å². The third-order valence-electron chi connectivity index (χ3n) is 2.78. The van der Waals surface area contributed by atoms with E-state index in [1.807, 2.05) is 25.3 Å². The highest BCUT2D eigenvalue weighted by Gasteiger charge is 2.26. The van der Waals surface area contributed by atoms with Gasteiger partial charge in [-0.25, -0.2) is 9.97 Å². The van der Waals surface area contributed by atoms with Gasteiger partial charge in [0, 0.05) is 13.6 Å². The number of nitrogens with one attached hydrogen (secondary N) is 2. The Morgan fingerprint density at radius 2 is 2.22 bits per heavy atom. The van der Waals surface area contributed by atoms with Crippen molar-refractivity contribution in [2.24, 2.45) is 5.41 Å². The van der Waals surface area contributed by atoms with Gasteiger partial charge in [-0.2, -0.15) is 0 Å². The third kappa shape index (κ3) is 2.43. The average molecular weight is 264 g/mol. The van der Waals surface area contributed by atoms with E-state index >= 15 is 0 Å². The number of rotatable bonds is 4. The van der Waals surface area contributed by atoms with Gasteiger partial charge in [0.2, 0.25) is 5.91 Å². The first kappa shape index (κ1) is 12.8. The van der Waals surface area contributed by atoms with Gasteiger partial charge >= 0.3 is 0 Å². The molecular formula is C12H16N4OS. The molecule has 0 aromatic carbocycles. The van der Waals surface area contributed by atoms with E-state index in [4.69, 9.17) is 0 Å². The normalized spacial score (nSPS) is 11.5. The van der Waals surface area contributed by atoms with Crippen molar-refractivity contribution >= 4 is 33.3 Å². The summed E-state index contributed by atoms with van der Waals surface area (Å²) >= 11 is 1.59. The van der Waals surface area contributed by atoms with Gasteiger partial charge in [-0.05, 0) is 25.3 Å². The molecule has 0 saturated heterocycles. The first-order valence-electron chi connectivity index (χ1n) is 5.69. The highest BCUT2D eigenvalue weighted by molar-refractivity contribution is 7.17. The van der Waals surface area contributed by atoms with Crippen molar-refractivity contribution in [2.45, 2.75) is 13.8 Å². The van der Waals surface area contributed by atoms with Crippen LogP contribution in [-0.2, 0) is 4.79 Å².